The van der Waals surface area contributed by atoms with Crippen molar-refractivity contribution >= 4 is 23.1 Å². The molecule has 0 radical (unpaired) electrons. The fourth-order valence-corrected chi connectivity index (χ4v) is 2.65. The van der Waals surface area contributed by atoms with Crippen molar-refractivity contribution in [2.24, 2.45) is 0 Å². The van der Waals surface area contributed by atoms with E-state index in [1.165, 1.54) is 6.07 Å². The lowest BCUT2D eigenvalue weighted by Crippen LogP contribution is -2.01. The molecule has 0 saturated heterocycles. The monoisotopic (exact) mass is 255 g/mol. The Bertz CT molecular complexity index is 433. The normalized spacial score (nSPS) is 10.3. The van der Waals surface area contributed by atoms with Crippen molar-refractivity contribution in [2.75, 3.05) is 12.4 Å². The number of nitrogens with zero attached hydrogens (tertiary/aromatic N) is 1. The second kappa shape index (κ2) is 5.86. The van der Waals surface area contributed by atoms with Crippen molar-refractivity contribution in [1.82, 2.24) is 4.98 Å². The van der Waals surface area contributed by atoms with Gasteiger partial charge in [0.1, 0.15) is 4.34 Å². The van der Waals surface area contributed by atoms with Gasteiger partial charge in [0.2, 0.25) is 0 Å². The number of thiazole rings is 1. The fourth-order valence-electron chi connectivity index (χ4n) is 1.12. The van der Waals surface area contributed by atoms with Crippen LogP contribution in [0, 0.1) is 5.82 Å². The molecule has 1 aromatic carbocycles. The zero-order valence-electron chi connectivity index (χ0n) is 8.43. The molecule has 5 heteroatoms. The predicted molar refractivity (Wildman–Crippen MR) is 64.7 cm³/mol. The van der Waals surface area contributed by atoms with Gasteiger partial charge in [-0.3, -0.25) is 0 Å². The number of halogens is 1. The van der Waals surface area contributed by atoms with E-state index in [-0.39, 0.29) is 5.82 Å². The minimum atomic E-state index is -0.318. The molecule has 0 aliphatic rings. The lowest BCUT2D eigenvalue weighted by molar-refractivity contribution is 0.325. The summed E-state index contributed by atoms with van der Waals surface area (Å²) in [6.45, 7) is 0.477. The summed E-state index contributed by atoms with van der Waals surface area (Å²) in [6, 6.07) is 6.42. The molecule has 0 atom stereocenters. The van der Waals surface area contributed by atoms with Gasteiger partial charge in [-0.25, -0.2) is 9.37 Å². The van der Waals surface area contributed by atoms with Gasteiger partial charge in [-0.05, 0) is 12.1 Å². The molecule has 0 saturated carbocycles. The van der Waals surface area contributed by atoms with Gasteiger partial charge in [0.05, 0.1) is 6.61 Å². The van der Waals surface area contributed by atoms with Crippen LogP contribution in [0.5, 0.6) is 5.75 Å². The number of para-hydroxylation sites is 1. The Kier molecular flexibility index (Phi) is 4.18. The summed E-state index contributed by atoms with van der Waals surface area (Å²) in [6.07, 6.45) is 1.77. The smallest absolute Gasteiger partial charge is 0.165 e. The van der Waals surface area contributed by atoms with Gasteiger partial charge in [0.25, 0.3) is 0 Å². The second-order valence-corrected chi connectivity index (χ2v) is 5.16. The minimum absolute atomic E-state index is 0.308. The molecule has 2 aromatic rings. The molecule has 0 aliphatic heterocycles. The zero-order valence-corrected chi connectivity index (χ0v) is 10.1. The Morgan fingerprint density at radius 3 is 3.00 bits per heavy atom. The maximum absolute atomic E-state index is 13.1. The Labute approximate surface area is 101 Å². The number of ether oxygens (including phenoxy) is 1. The van der Waals surface area contributed by atoms with Crippen molar-refractivity contribution in [2.45, 2.75) is 4.34 Å². The van der Waals surface area contributed by atoms with Crippen molar-refractivity contribution < 1.29 is 9.13 Å². The quantitative estimate of drug-likeness (QED) is 0.603. The summed E-state index contributed by atoms with van der Waals surface area (Å²) in [7, 11) is 0. The molecule has 1 heterocycles. The molecule has 2 rings (SSSR count). The van der Waals surface area contributed by atoms with Crippen LogP contribution in [0.2, 0.25) is 0 Å². The van der Waals surface area contributed by atoms with E-state index in [1.807, 2.05) is 5.38 Å². The Hall–Kier alpha value is -1.07. The third-order valence-electron chi connectivity index (χ3n) is 1.81. The van der Waals surface area contributed by atoms with E-state index < -0.39 is 0 Å². The minimum Gasteiger partial charge on any atom is -0.490 e. The first-order valence-electron chi connectivity index (χ1n) is 4.76. The van der Waals surface area contributed by atoms with Gasteiger partial charge in [-0.15, -0.1) is 11.3 Å². The molecule has 1 aromatic heterocycles. The maximum atomic E-state index is 13.1. The highest BCUT2D eigenvalue weighted by Gasteiger charge is 2.01. The highest BCUT2D eigenvalue weighted by atomic mass is 32.2. The second-order valence-electron chi connectivity index (χ2n) is 2.93. The van der Waals surface area contributed by atoms with Crippen molar-refractivity contribution in [3.05, 3.63) is 41.7 Å². The fraction of sp³-hybridized carbons (Fsp3) is 0.182. The molecule has 0 aliphatic carbocycles. The number of thioether (sulfide) groups is 1. The number of hydrogen-bond acceptors (Lipinski definition) is 4. The number of rotatable bonds is 5. The standard InChI is InChI=1S/C11H10FNOS2/c12-9-3-1-2-4-10(9)14-6-8-16-11-13-5-7-15-11/h1-5,7H,6,8H2. The van der Waals surface area contributed by atoms with Gasteiger partial charge in [-0.2, -0.15) is 0 Å². The molecular formula is C11H10FNOS2. The molecular weight excluding hydrogens is 245 g/mol. The average Bonchev–Trinajstić information content (AvgIpc) is 2.79. The van der Waals surface area contributed by atoms with E-state index >= 15 is 0 Å². The molecule has 0 amide bonds. The number of benzene rings is 1. The van der Waals surface area contributed by atoms with Crippen LogP contribution in [0.3, 0.4) is 0 Å². The summed E-state index contributed by atoms with van der Waals surface area (Å²) >= 11 is 3.21. The Morgan fingerprint density at radius 2 is 2.25 bits per heavy atom. The molecule has 2 nitrogen and oxygen atoms in total. The lowest BCUT2D eigenvalue weighted by Gasteiger charge is -2.05. The van der Waals surface area contributed by atoms with Gasteiger partial charge < -0.3 is 4.74 Å². The van der Waals surface area contributed by atoms with Crippen molar-refractivity contribution in [3.8, 4) is 5.75 Å². The summed E-state index contributed by atoms with van der Waals surface area (Å²) in [5.41, 5.74) is 0. The van der Waals surface area contributed by atoms with Gasteiger partial charge >= 0.3 is 0 Å². The topological polar surface area (TPSA) is 22.1 Å². The highest BCUT2D eigenvalue weighted by molar-refractivity contribution is 8.01. The van der Waals surface area contributed by atoms with Crippen LogP contribution in [-0.2, 0) is 0 Å². The van der Waals surface area contributed by atoms with Gasteiger partial charge in [0.15, 0.2) is 11.6 Å². The van der Waals surface area contributed by atoms with Crippen molar-refractivity contribution in [3.63, 3.8) is 0 Å². The first-order chi connectivity index (χ1) is 7.86. The summed E-state index contributed by atoms with van der Waals surface area (Å²) in [4.78, 5) is 4.13. The summed E-state index contributed by atoms with van der Waals surface area (Å²) < 4.78 is 19.5. The van der Waals surface area contributed by atoms with E-state index in [0.29, 0.717) is 12.4 Å². The van der Waals surface area contributed by atoms with Gasteiger partial charge in [-0.1, -0.05) is 23.9 Å². The highest BCUT2D eigenvalue weighted by Crippen LogP contribution is 2.21. The molecule has 16 heavy (non-hydrogen) atoms. The van der Waals surface area contributed by atoms with Crippen LogP contribution in [0.25, 0.3) is 0 Å². The zero-order chi connectivity index (χ0) is 11.2. The molecule has 0 N–H and O–H groups in total. The maximum Gasteiger partial charge on any atom is 0.165 e. The molecule has 0 bridgehead atoms. The van der Waals surface area contributed by atoms with Crippen LogP contribution >= 0.6 is 23.1 Å². The first-order valence-corrected chi connectivity index (χ1v) is 6.62. The third-order valence-corrected chi connectivity index (χ3v) is 3.74. The number of hydrogen-bond donors (Lipinski definition) is 0. The van der Waals surface area contributed by atoms with E-state index in [9.17, 15) is 4.39 Å². The van der Waals surface area contributed by atoms with E-state index in [0.717, 1.165) is 10.1 Å². The van der Waals surface area contributed by atoms with Crippen LogP contribution in [0.1, 0.15) is 0 Å². The Balaban J connectivity index is 1.74. The number of aromatic nitrogens is 1. The molecule has 0 unspecified atom stereocenters. The largest absolute Gasteiger partial charge is 0.490 e. The Morgan fingerprint density at radius 1 is 1.38 bits per heavy atom. The summed E-state index contributed by atoms with van der Waals surface area (Å²) in [5.74, 6) is 0.756. The van der Waals surface area contributed by atoms with E-state index in [1.54, 1.807) is 47.5 Å². The third kappa shape index (κ3) is 3.21. The molecule has 0 fully saturated rings. The van der Waals surface area contributed by atoms with E-state index in [4.69, 9.17) is 4.74 Å². The van der Waals surface area contributed by atoms with Crippen LogP contribution < -0.4 is 4.74 Å². The van der Waals surface area contributed by atoms with Crippen molar-refractivity contribution in [1.29, 1.82) is 0 Å². The lowest BCUT2D eigenvalue weighted by atomic mass is 10.3. The predicted octanol–water partition coefficient (Wildman–Crippen LogP) is 3.45. The van der Waals surface area contributed by atoms with Gasteiger partial charge in [0, 0.05) is 17.3 Å². The average molecular weight is 255 g/mol. The van der Waals surface area contributed by atoms with Crippen LogP contribution in [0.4, 0.5) is 4.39 Å². The van der Waals surface area contributed by atoms with E-state index in [2.05, 4.69) is 4.98 Å². The van der Waals surface area contributed by atoms with Crippen LogP contribution in [0.15, 0.2) is 40.2 Å². The first kappa shape index (κ1) is 11.4. The SMILES string of the molecule is Fc1ccccc1OCCSc1nccs1. The summed E-state index contributed by atoms with van der Waals surface area (Å²) in [5, 5.41) is 1.93. The molecule has 84 valence electrons. The molecule has 0 spiro atoms. The van der Waals surface area contributed by atoms with Crippen LogP contribution in [-0.4, -0.2) is 17.3 Å².